The van der Waals surface area contributed by atoms with Gasteiger partial charge in [-0.25, -0.2) is 0 Å². The van der Waals surface area contributed by atoms with Gasteiger partial charge >= 0.3 is 6.18 Å². The number of benzene rings is 1. The van der Waals surface area contributed by atoms with Gasteiger partial charge in [-0.15, -0.1) is 0 Å². The highest BCUT2D eigenvalue weighted by Gasteiger charge is 2.28. The maximum absolute atomic E-state index is 12.2. The SMILES string of the molecule is CC(=O)C(NC(=O)CN1CCN(Cc2ccc(OCC(F)(F)F)cc2)CC1)C(C)C. The molecule has 1 N–H and O–H groups in total. The second kappa shape index (κ2) is 10.8. The molecule has 0 spiro atoms. The number of nitrogens with zero attached hydrogens (tertiary/aromatic N) is 2. The molecule has 0 bridgehead atoms. The summed E-state index contributed by atoms with van der Waals surface area (Å²) in [6, 6.07) is 6.16. The zero-order valence-corrected chi connectivity index (χ0v) is 17.7. The Morgan fingerprint density at radius 3 is 2.13 bits per heavy atom. The van der Waals surface area contributed by atoms with Crippen LogP contribution in [0.15, 0.2) is 24.3 Å². The first-order valence-corrected chi connectivity index (χ1v) is 10.1. The minimum Gasteiger partial charge on any atom is -0.484 e. The van der Waals surface area contributed by atoms with Gasteiger partial charge in [0.2, 0.25) is 5.91 Å². The molecule has 0 aliphatic carbocycles. The Balaban J connectivity index is 1.74. The molecule has 2 rings (SSSR count). The maximum atomic E-state index is 12.2. The quantitative estimate of drug-likeness (QED) is 0.654. The van der Waals surface area contributed by atoms with Gasteiger partial charge in [0.1, 0.15) is 5.75 Å². The Morgan fingerprint density at radius 1 is 1.07 bits per heavy atom. The van der Waals surface area contributed by atoms with E-state index >= 15 is 0 Å². The molecule has 1 saturated heterocycles. The van der Waals surface area contributed by atoms with Crippen LogP contribution in [0, 0.1) is 5.92 Å². The summed E-state index contributed by atoms with van der Waals surface area (Å²) in [5.41, 5.74) is 0.988. The van der Waals surface area contributed by atoms with Crippen molar-refractivity contribution in [3.8, 4) is 5.75 Å². The molecular weight excluding hydrogens is 399 g/mol. The zero-order valence-electron chi connectivity index (χ0n) is 17.7. The third kappa shape index (κ3) is 8.31. The second-order valence-electron chi connectivity index (χ2n) is 8.00. The number of rotatable bonds is 9. The van der Waals surface area contributed by atoms with Crippen LogP contribution in [0.5, 0.6) is 5.75 Å². The van der Waals surface area contributed by atoms with E-state index in [4.69, 9.17) is 4.74 Å². The standard InChI is InChI=1S/C21H30F3N3O3/c1-15(2)20(16(3)28)25-19(29)13-27-10-8-26(9-11-27)12-17-4-6-18(7-5-17)30-14-21(22,23)24/h4-7,15,20H,8-14H2,1-3H3,(H,25,29). The van der Waals surface area contributed by atoms with Gasteiger partial charge in [-0.1, -0.05) is 26.0 Å². The Kier molecular flexibility index (Phi) is 8.66. The molecule has 0 radical (unpaired) electrons. The fourth-order valence-electron chi connectivity index (χ4n) is 3.38. The summed E-state index contributed by atoms with van der Waals surface area (Å²) in [6.07, 6.45) is -4.35. The van der Waals surface area contributed by atoms with E-state index in [1.54, 1.807) is 24.3 Å². The average Bonchev–Trinajstić information content (AvgIpc) is 2.66. The van der Waals surface area contributed by atoms with Crippen molar-refractivity contribution < 1.29 is 27.5 Å². The van der Waals surface area contributed by atoms with Crippen LogP contribution in [-0.2, 0) is 16.1 Å². The predicted octanol–water partition coefficient (Wildman–Crippen LogP) is 2.48. The predicted molar refractivity (Wildman–Crippen MR) is 107 cm³/mol. The van der Waals surface area contributed by atoms with Gasteiger partial charge in [-0.3, -0.25) is 19.4 Å². The number of halogens is 3. The molecule has 0 saturated carbocycles. The summed E-state index contributed by atoms with van der Waals surface area (Å²) >= 11 is 0. The van der Waals surface area contributed by atoms with Crippen LogP contribution in [0.25, 0.3) is 0 Å². The number of piperazine rings is 1. The molecule has 6 nitrogen and oxygen atoms in total. The van der Waals surface area contributed by atoms with Crippen molar-refractivity contribution in [2.24, 2.45) is 5.92 Å². The third-order valence-electron chi connectivity index (χ3n) is 4.99. The van der Waals surface area contributed by atoms with Gasteiger partial charge in [-0.2, -0.15) is 13.2 Å². The topological polar surface area (TPSA) is 61.9 Å². The number of amides is 1. The van der Waals surface area contributed by atoms with E-state index in [9.17, 15) is 22.8 Å². The molecule has 1 aromatic rings. The molecule has 0 aromatic heterocycles. The van der Waals surface area contributed by atoms with Crippen LogP contribution in [0.4, 0.5) is 13.2 Å². The van der Waals surface area contributed by atoms with Gasteiger partial charge in [-0.05, 0) is 30.5 Å². The minimum atomic E-state index is -4.35. The molecule has 1 atom stereocenters. The largest absolute Gasteiger partial charge is 0.484 e. The molecule has 1 aliphatic heterocycles. The third-order valence-corrected chi connectivity index (χ3v) is 4.99. The summed E-state index contributed by atoms with van der Waals surface area (Å²) < 4.78 is 41.3. The van der Waals surface area contributed by atoms with E-state index in [1.807, 2.05) is 13.8 Å². The van der Waals surface area contributed by atoms with Gasteiger partial charge < -0.3 is 10.1 Å². The number of nitrogens with one attached hydrogen (secondary N) is 1. The van der Waals surface area contributed by atoms with E-state index in [0.29, 0.717) is 6.54 Å². The Bertz CT molecular complexity index is 700. The normalized spacial score (nSPS) is 17.0. The van der Waals surface area contributed by atoms with E-state index in [0.717, 1.165) is 31.7 Å². The lowest BCUT2D eigenvalue weighted by molar-refractivity contribution is -0.153. The van der Waals surface area contributed by atoms with Gasteiger partial charge in [0.15, 0.2) is 12.4 Å². The van der Waals surface area contributed by atoms with Crippen LogP contribution in [0.3, 0.4) is 0 Å². The first-order chi connectivity index (χ1) is 14.0. The highest BCUT2D eigenvalue weighted by Crippen LogP contribution is 2.19. The van der Waals surface area contributed by atoms with Crippen LogP contribution < -0.4 is 10.1 Å². The van der Waals surface area contributed by atoms with Crippen molar-refractivity contribution >= 4 is 11.7 Å². The monoisotopic (exact) mass is 429 g/mol. The number of ether oxygens (including phenoxy) is 1. The van der Waals surface area contributed by atoms with Crippen molar-refractivity contribution in [1.29, 1.82) is 0 Å². The fraction of sp³-hybridized carbons (Fsp3) is 0.619. The van der Waals surface area contributed by atoms with E-state index in [1.165, 1.54) is 6.92 Å². The lowest BCUT2D eigenvalue weighted by Crippen LogP contribution is -2.51. The van der Waals surface area contributed by atoms with E-state index in [-0.39, 0.29) is 29.9 Å². The summed E-state index contributed by atoms with van der Waals surface area (Å²) in [6.45, 7) is 7.94. The maximum Gasteiger partial charge on any atom is 0.422 e. The molecular formula is C21H30F3N3O3. The van der Waals surface area contributed by atoms with E-state index in [2.05, 4.69) is 15.1 Å². The molecule has 1 aromatic carbocycles. The van der Waals surface area contributed by atoms with Gasteiger partial charge in [0.25, 0.3) is 0 Å². The number of hydrogen-bond donors (Lipinski definition) is 1. The average molecular weight is 429 g/mol. The Hall–Kier alpha value is -2.13. The van der Waals surface area contributed by atoms with Crippen LogP contribution >= 0.6 is 0 Å². The summed E-state index contributed by atoms with van der Waals surface area (Å²) in [5, 5.41) is 2.81. The lowest BCUT2D eigenvalue weighted by atomic mass is 10.0. The highest BCUT2D eigenvalue weighted by molar-refractivity contribution is 5.88. The molecule has 1 unspecified atom stereocenters. The van der Waals surface area contributed by atoms with Crippen LogP contribution in [0.2, 0.25) is 0 Å². The van der Waals surface area contributed by atoms with Crippen molar-refractivity contribution in [2.45, 2.75) is 39.5 Å². The van der Waals surface area contributed by atoms with Crippen LogP contribution in [-0.4, -0.2) is 73.0 Å². The van der Waals surface area contributed by atoms with Crippen molar-refractivity contribution in [2.75, 3.05) is 39.3 Å². The summed E-state index contributed by atoms with van der Waals surface area (Å²) in [4.78, 5) is 28.2. The zero-order chi connectivity index (χ0) is 22.3. The number of Topliss-reactive ketones (excluding diaryl/α,β-unsaturated/α-hetero) is 1. The number of alkyl halides is 3. The first-order valence-electron chi connectivity index (χ1n) is 10.1. The molecule has 1 aliphatic rings. The second-order valence-corrected chi connectivity index (χ2v) is 8.00. The molecule has 1 amide bonds. The summed E-state index contributed by atoms with van der Waals surface area (Å²) in [5.74, 6) is 0.0514. The number of hydrogen-bond acceptors (Lipinski definition) is 5. The smallest absolute Gasteiger partial charge is 0.422 e. The molecule has 1 fully saturated rings. The molecule has 9 heteroatoms. The van der Waals surface area contributed by atoms with Crippen molar-refractivity contribution in [3.63, 3.8) is 0 Å². The van der Waals surface area contributed by atoms with Crippen molar-refractivity contribution in [1.82, 2.24) is 15.1 Å². The number of carbonyl (C=O) groups is 2. The molecule has 1 heterocycles. The number of ketones is 1. The van der Waals surface area contributed by atoms with Crippen LogP contribution in [0.1, 0.15) is 26.3 Å². The Morgan fingerprint density at radius 2 is 1.63 bits per heavy atom. The van der Waals surface area contributed by atoms with Gasteiger partial charge in [0.05, 0.1) is 12.6 Å². The van der Waals surface area contributed by atoms with E-state index < -0.39 is 18.8 Å². The van der Waals surface area contributed by atoms with Gasteiger partial charge in [0, 0.05) is 32.7 Å². The Labute approximate surface area is 175 Å². The van der Waals surface area contributed by atoms with Crippen molar-refractivity contribution in [3.05, 3.63) is 29.8 Å². The number of carbonyl (C=O) groups excluding carboxylic acids is 2. The molecule has 30 heavy (non-hydrogen) atoms. The first kappa shape index (κ1) is 24.1. The highest BCUT2D eigenvalue weighted by atomic mass is 19.4. The summed E-state index contributed by atoms with van der Waals surface area (Å²) in [7, 11) is 0. The lowest BCUT2D eigenvalue weighted by Gasteiger charge is -2.34. The minimum absolute atomic E-state index is 0.0435. The fourth-order valence-corrected chi connectivity index (χ4v) is 3.38. The molecule has 168 valence electrons.